The molecule has 1 aliphatic heterocycles. The third kappa shape index (κ3) is 2.81. The Kier molecular flexibility index (Phi) is 4.55. The summed E-state index contributed by atoms with van der Waals surface area (Å²) in [6.07, 6.45) is -2.07. The van der Waals surface area contributed by atoms with E-state index < -0.39 is 30.1 Å². The van der Waals surface area contributed by atoms with Crippen LogP contribution in [-0.2, 0) is 9.47 Å². The molecule has 4 atom stereocenters. The second kappa shape index (κ2) is 6.45. The van der Waals surface area contributed by atoms with Crippen molar-refractivity contribution < 1.29 is 19.7 Å². The number of H-pyrrole nitrogens is 1. The molecule has 0 radical (unpaired) electrons. The summed E-state index contributed by atoms with van der Waals surface area (Å²) in [5.41, 5.74) is 5.40. The molecule has 0 bridgehead atoms. The summed E-state index contributed by atoms with van der Waals surface area (Å²) in [4.78, 5) is 22.3. The second-order valence-electron chi connectivity index (χ2n) is 5.07. The molecule has 2 aromatic rings. The summed E-state index contributed by atoms with van der Waals surface area (Å²) >= 11 is 4.07. The Morgan fingerprint density at radius 3 is 3.04 bits per heavy atom. The Hall–Kier alpha value is -1.66. The Morgan fingerprint density at radius 2 is 2.35 bits per heavy atom. The molecule has 5 N–H and O–H groups in total. The number of imidazole rings is 1. The number of nitrogens with zero attached hydrogens (tertiary/aromatic N) is 3. The number of anilines is 1. The molecule has 0 amide bonds. The highest BCUT2D eigenvalue weighted by Gasteiger charge is 2.45. The van der Waals surface area contributed by atoms with Gasteiger partial charge in [-0.3, -0.25) is 14.3 Å². The van der Waals surface area contributed by atoms with Crippen LogP contribution in [0.3, 0.4) is 0 Å². The smallest absolute Gasteiger partial charge is 0.280 e. The van der Waals surface area contributed by atoms with E-state index in [1.165, 1.54) is 10.9 Å². The molecule has 10 nitrogen and oxygen atoms in total. The summed E-state index contributed by atoms with van der Waals surface area (Å²) < 4.78 is 12.7. The molecule has 126 valence electrons. The predicted octanol–water partition coefficient (Wildman–Crippen LogP) is -1.73. The molecular formula is C12H17N5O5S. The number of aliphatic hydroxyl groups is 2. The average molecular weight is 343 g/mol. The Balaban J connectivity index is 2.03. The molecule has 2 aromatic heterocycles. The fourth-order valence-corrected chi connectivity index (χ4v) is 2.70. The molecule has 0 spiro atoms. The number of aromatic amines is 1. The maximum absolute atomic E-state index is 11.8. The Labute approximate surface area is 135 Å². The topological polar surface area (TPSA) is 149 Å². The number of hydrogen-bond acceptors (Lipinski definition) is 9. The van der Waals surface area contributed by atoms with Crippen LogP contribution in [0.2, 0.25) is 0 Å². The Bertz CT molecular complexity index is 749. The fraction of sp³-hybridized carbons (Fsp3) is 0.583. The number of hydrogen-bond donors (Lipinski definition) is 5. The third-order valence-corrected chi connectivity index (χ3v) is 3.80. The van der Waals surface area contributed by atoms with E-state index >= 15 is 0 Å². The number of fused-ring (bicyclic) bond motifs is 1. The van der Waals surface area contributed by atoms with Crippen LogP contribution in [0.25, 0.3) is 11.2 Å². The van der Waals surface area contributed by atoms with Crippen molar-refractivity contribution in [3.63, 3.8) is 0 Å². The van der Waals surface area contributed by atoms with Gasteiger partial charge < -0.3 is 25.4 Å². The minimum Gasteiger partial charge on any atom is -0.394 e. The van der Waals surface area contributed by atoms with Crippen molar-refractivity contribution in [1.82, 2.24) is 19.5 Å². The number of nitrogen functional groups attached to an aromatic ring is 1. The van der Waals surface area contributed by atoms with Crippen molar-refractivity contribution in [2.75, 3.05) is 24.7 Å². The van der Waals surface area contributed by atoms with Crippen LogP contribution >= 0.6 is 12.6 Å². The van der Waals surface area contributed by atoms with Crippen molar-refractivity contribution in [2.24, 2.45) is 0 Å². The predicted molar refractivity (Wildman–Crippen MR) is 83.2 cm³/mol. The first kappa shape index (κ1) is 16.2. The number of aromatic nitrogens is 4. The van der Waals surface area contributed by atoms with Gasteiger partial charge in [-0.05, 0) is 0 Å². The maximum atomic E-state index is 11.8. The van der Waals surface area contributed by atoms with Gasteiger partial charge in [0.1, 0.15) is 18.3 Å². The zero-order chi connectivity index (χ0) is 16.6. The van der Waals surface area contributed by atoms with E-state index in [0.717, 1.165) is 0 Å². The van der Waals surface area contributed by atoms with E-state index in [0.29, 0.717) is 5.75 Å². The van der Waals surface area contributed by atoms with Crippen LogP contribution in [-0.4, -0.2) is 67.0 Å². The van der Waals surface area contributed by atoms with Crippen LogP contribution in [0.15, 0.2) is 11.1 Å². The average Bonchev–Trinajstić information content (AvgIpc) is 3.06. The zero-order valence-electron chi connectivity index (χ0n) is 12.0. The van der Waals surface area contributed by atoms with Crippen LogP contribution in [0, 0.1) is 0 Å². The quantitative estimate of drug-likeness (QED) is 0.402. The van der Waals surface area contributed by atoms with Crippen molar-refractivity contribution in [1.29, 1.82) is 0 Å². The highest BCUT2D eigenvalue weighted by atomic mass is 32.1. The SMILES string of the molecule is Nc1nc2c(ncn2[C@@H]2O[C@H](CO)[C@@H](O)[C@H]2OCCS)c(=O)[nH]1. The molecule has 23 heavy (non-hydrogen) atoms. The molecule has 1 saturated heterocycles. The van der Waals surface area contributed by atoms with Gasteiger partial charge >= 0.3 is 0 Å². The zero-order valence-corrected chi connectivity index (χ0v) is 12.9. The molecule has 0 aliphatic carbocycles. The van der Waals surface area contributed by atoms with E-state index in [2.05, 4.69) is 27.6 Å². The third-order valence-electron chi connectivity index (χ3n) is 3.62. The van der Waals surface area contributed by atoms with Crippen LogP contribution in [0.4, 0.5) is 5.95 Å². The lowest BCUT2D eigenvalue weighted by molar-refractivity contribution is -0.0670. The normalized spacial score (nSPS) is 27.8. The molecule has 11 heteroatoms. The van der Waals surface area contributed by atoms with Gasteiger partial charge in [0.15, 0.2) is 17.4 Å². The first-order valence-electron chi connectivity index (χ1n) is 6.96. The number of ether oxygens (including phenoxy) is 2. The molecule has 1 aliphatic rings. The molecule has 1 fully saturated rings. The van der Waals surface area contributed by atoms with Gasteiger partial charge in [-0.25, -0.2) is 4.98 Å². The highest BCUT2D eigenvalue weighted by molar-refractivity contribution is 7.80. The van der Waals surface area contributed by atoms with Crippen molar-refractivity contribution >= 4 is 29.7 Å². The lowest BCUT2D eigenvalue weighted by Gasteiger charge is -2.21. The van der Waals surface area contributed by atoms with E-state index in [-0.39, 0.29) is 30.3 Å². The lowest BCUT2D eigenvalue weighted by atomic mass is 10.1. The van der Waals surface area contributed by atoms with E-state index in [1.807, 2.05) is 0 Å². The standard InChI is InChI=1S/C12H17N5O5S/c13-12-15-9-6(10(20)16-12)14-4-17(9)11-8(21-1-2-23)7(19)5(3-18)22-11/h4-5,7-8,11,18-19,23H,1-3H2,(H3,13,15,16,20)/t5-,7-,8-,11-/m1/s1. The van der Waals surface area contributed by atoms with Gasteiger partial charge in [0.25, 0.3) is 5.56 Å². The first-order valence-corrected chi connectivity index (χ1v) is 7.59. The number of nitrogens with two attached hydrogens (primary N) is 1. The summed E-state index contributed by atoms with van der Waals surface area (Å²) in [6, 6.07) is 0. The van der Waals surface area contributed by atoms with Crippen molar-refractivity contribution in [2.45, 2.75) is 24.5 Å². The molecule has 0 unspecified atom stereocenters. The lowest BCUT2D eigenvalue weighted by Crippen LogP contribution is -2.36. The maximum Gasteiger partial charge on any atom is 0.280 e. The number of thiol groups is 1. The summed E-state index contributed by atoms with van der Waals surface area (Å²) in [5.74, 6) is 0.393. The van der Waals surface area contributed by atoms with Gasteiger partial charge in [-0.15, -0.1) is 0 Å². The monoisotopic (exact) mass is 343 g/mol. The van der Waals surface area contributed by atoms with E-state index in [9.17, 15) is 15.0 Å². The van der Waals surface area contributed by atoms with Gasteiger partial charge in [0.2, 0.25) is 5.95 Å². The van der Waals surface area contributed by atoms with Gasteiger partial charge in [0, 0.05) is 5.75 Å². The van der Waals surface area contributed by atoms with Crippen molar-refractivity contribution in [3.05, 3.63) is 16.7 Å². The van der Waals surface area contributed by atoms with Crippen LogP contribution in [0.1, 0.15) is 6.23 Å². The van der Waals surface area contributed by atoms with Gasteiger partial charge in [-0.1, -0.05) is 0 Å². The van der Waals surface area contributed by atoms with Crippen molar-refractivity contribution in [3.8, 4) is 0 Å². The largest absolute Gasteiger partial charge is 0.394 e. The first-order chi connectivity index (χ1) is 11.1. The fourth-order valence-electron chi connectivity index (χ4n) is 2.59. The summed E-state index contributed by atoms with van der Waals surface area (Å²) in [7, 11) is 0. The minimum atomic E-state index is -1.04. The van der Waals surface area contributed by atoms with Gasteiger partial charge in [0.05, 0.1) is 19.5 Å². The number of rotatable bonds is 5. The van der Waals surface area contributed by atoms with E-state index in [4.69, 9.17) is 15.2 Å². The van der Waals surface area contributed by atoms with Crippen LogP contribution in [0.5, 0.6) is 0 Å². The summed E-state index contributed by atoms with van der Waals surface area (Å²) in [5, 5.41) is 19.6. The Morgan fingerprint density at radius 1 is 1.57 bits per heavy atom. The number of aliphatic hydroxyl groups excluding tert-OH is 2. The minimum absolute atomic E-state index is 0.0608. The highest BCUT2D eigenvalue weighted by Crippen LogP contribution is 2.33. The molecule has 3 heterocycles. The number of nitrogens with one attached hydrogen (secondary N) is 1. The molecule has 0 saturated carbocycles. The molecule has 3 rings (SSSR count). The second-order valence-corrected chi connectivity index (χ2v) is 5.52. The summed E-state index contributed by atoms with van der Waals surface area (Å²) in [6.45, 7) is -0.0905. The molecular weight excluding hydrogens is 326 g/mol. The van der Waals surface area contributed by atoms with E-state index in [1.54, 1.807) is 0 Å². The van der Waals surface area contributed by atoms with Gasteiger partial charge in [-0.2, -0.15) is 17.6 Å². The van der Waals surface area contributed by atoms with Crippen LogP contribution < -0.4 is 11.3 Å². The molecule has 0 aromatic carbocycles.